The average molecular weight is 387 g/mol. The summed E-state index contributed by atoms with van der Waals surface area (Å²) in [6.07, 6.45) is 3.67. The Bertz CT molecular complexity index is 934. The molecule has 2 aromatic heterocycles. The summed E-state index contributed by atoms with van der Waals surface area (Å²) in [7, 11) is 1.85. The van der Waals surface area contributed by atoms with E-state index in [0.29, 0.717) is 0 Å². The first-order valence-corrected chi connectivity index (χ1v) is 9.95. The summed E-state index contributed by atoms with van der Waals surface area (Å²) >= 11 is 0. The number of aromatic nitrogens is 2. The zero-order valence-electron chi connectivity index (χ0n) is 16.7. The van der Waals surface area contributed by atoms with E-state index in [9.17, 15) is 0 Å². The predicted molar refractivity (Wildman–Crippen MR) is 118 cm³/mol. The highest BCUT2D eigenvalue weighted by Crippen LogP contribution is 2.18. The van der Waals surface area contributed by atoms with Crippen LogP contribution in [0, 0.1) is 0 Å². The lowest BCUT2D eigenvalue weighted by Gasteiger charge is -2.37. The summed E-state index contributed by atoms with van der Waals surface area (Å²) in [4.78, 5) is 18.0. The molecular formula is C23H26N6. The van der Waals surface area contributed by atoms with Gasteiger partial charge in [0.2, 0.25) is 0 Å². The first kappa shape index (κ1) is 18.9. The number of nitrogens with zero attached hydrogens (tertiary/aromatic N) is 5. The highest BCUT2D eigenvalue weighted by molar-refractivity contribution is 5.80. The standard InChI is InChI=1S/C23H26N6/c1-24-23(29-15-13-28(14-16-29)22-10-3-5-12-26-22)27-18-19-7-6-8-20(17-19)21-9-2-4-11-25-21/h2-12,17H,13-16,18H2,1H3,(H,24,27). The van der Waals surface area contributed by atoms with Crippen molar-refractivity contribution in [1.29, 1.82) is 0 Å². The summed E-state index contributed by atoms with van der Waals surface area (Å²) in [6.45, 7) is 4.45. The number of aliphatic imine (C=N–C) groups is 1. The quantitative estimate of drug-likeness (QED) is 0.552. The van der Waals surface area contributed by atoms with E-state index in [1.54, 1.807) is 0 Å². The molecule has 0 atom stereocenters. The normalized spacial score (nSPS) is 14.7. The molecular weight excluding hydrogens is 360 g/mol. The molecule has 3 heterocycles. The van der Waals surface area contributed by atoms with Gasteiger partial charge in [0.15, 0.2) is 5.96 Å². The molecule has 6 heteroatoms. The van der Waals surface area contributed by atoms with E-state index >= 15 is 0 Å². The van der Waals surface area contributed by atoms with Gasteiger partial charge in [0, 0.05) is 57.7 Å². The number of pyridine rings is 2. The minimum Gasteiger partial charge on any atom is -0.353 e. The molecule has 0 unspecified atom stereocenters. The fraction of sp³-hybridized carbons (Fsp3) is 0.261. The van der Waals surface area contributed by atoms with Gasteiger partial charge < -0.3 is 15.1 Å². The largest absolute Gasteiger partial charge is 0.353 e. The second-order valence-electron chi connectivity index (χ2n) is 6.98. The number of rotatable bonds is 4. The van der Waals surface area contributed by atoms with Crippen LogP contribution >= 0.6 is 0 Å². The number of guanidine groups is 1. The molecule has 1 N–H and O–H groups in total. The maximum Gasteiger partial charge on any atom is 0.194 e. The number of piperazine rings is 1. The van der Waals surface area contributed by atoms with E-state index in [1.807, 2.05) is 49.8 Å². The summed E-state index contributed by atoms with van der Waals surface area (Å²) in [6, 6.07) is 20.5. The number of hydrogen-bond acceptors (Lipinski definition) is 4. The van der Waals surface area contributed by atoms with E-state index in [0.717, 1.165) is 55.8 Å². The fourth-order valence-electron chi connectivity index (χ4n) is 3.58. The summed E-state index contributed by atoms with van der Waals surface area (Å²) < 4.78 is 0. The maximum absolute atomic E-state index is 4.49. The van der Waals surface area contributed by atoms with Crippen LogP contribution in [0.15, 0.2) is 78.0 Å². The maximum atomic E-state index is 4.49. The Kier molecular flexibility index (Phi) is 6.00. The Morgan fingerprint density at radius 2 is 1.72 bits per heavy atom. The number of nitrogens with one attached hydrogen (secondary N) is 1. The third kappa shape index (κ3) is 4.71. The van der Waals surface area contributed by atoms with Crippen LogP contribution in [-0.4, -0.2) is 54.1 Å². The molecule has 0 aliphatic carbocycles. The fourth-order valence-corrected chi connectivity index (χ4v) is 3.58. The van der Waals surface area contributed by atoms with E-state index in [2.05, 4.69) is 60.4 Å². The molecule has 0 bridgehead atoms. The Hall–Kier alpha value is -3.41. The molecule has 1 aromatic carbocycles. The van der Waals surface area contributed by atoms with Crippen molar-refractivity contribution in [3.8, 4) is 11.3 Å². The van der Waals surface area contributed by atoms with Crippen LogP contribution in [0.4, 0.5) is 5.82 Å². The average Bonchev–Trinajstić information content (AvgIpc) is 2.81. The Labute approximate surface area is 171 Å². The van der Waals surface area contributed by atoms with E-state index < -0.39 is 0 Å². The van der Waals surface area contributed by atoms with Crippen molar-refractivity contribution < 1.29 is 0 Å². The van der Waals surface area contributed by atoms with Crippen molar-refractivity contribution in [2.45, 2.75) is 6.54 Å². The monoisotopic (exact) mass is 386 g/mol. The topological polar surface area (TPSA) is 56.7 Å². The van der Waals surface area contributed by atoms with E-state index in [4.69, 9.17) is 0 Å². The molecule has 4 rings (SSSR count). The van der Waals surface area contributed by atoms with Gasteiger partial charge in [-0.2, -0.15) is 0 Å². The van der Waals surface area contributed by atoms with Crippen LogP contribution in [0.1, 0.15) is 5.56 Å². The number of hydrogen-bond donors (Lipinski definition) is 1. The molecule has 6 nitrogen and oxygen atoms in total. The van der Waals surface area contributed by atoms with E-state index in [-0.39, 0.29) is 0 Å². The first-order chi connectivity index (χ1) is 14.3. The number of benzene rings is 1. The van der Waals surface area contributed by atoms with Crippen molar-refractivity contribution in [3.63, 3.8) is 0 Å². The first-order valence-electron chi connectivity index (χ1n) is 9.95. The second kappa shape index (κ2) is 9.19. The van der Waals surface area contributed by atoms with Crippen LogP contribution in [-0.2, 0) is 6.54 Å². The minimum atomic E-state index is 0.730. The lowest BCUT2D eigenvalue weighted by Crippen LogP contribution is -2.52. The molecule has 0 spiro atoms. The lowest BCUT2D eigenvalue weighted by atomic mass is 10.1. The summed E-state index contributed by atoms with van der Waals surface area (Å²) in [5.74, 6) is 1.98. The third-order valence-electron chi connectivity index (χ3n) is 5.10. The molecule has 1 saturated heterocycles. The molecule has 1 aliphatic heterocycles. The summed E-state index contributed by atoms with van der Waals surface area (Å²) in [5, 5.41) is 3.51. The van der Waals surface area contributed by atoms with Gasteiger partial charge >= 0.3 is 0 Å². The van der Waals surface area contributed by atoms with Crippen molar-refractivity contribution in [2.75, 3.05) is 38.1 Å². The van der Waals surface area contributed by atoms with Crippen molar-refractivity contribution in [1.82, 2.24) is 20.2 Å². The van der Waals surface area contributed by atoms with Gasteiger partial charge in [-0.25, -0.2) is 4.98 Å². The highest BCUT2D eigenvalue weighted by Gasteiger charge is 2.20. The smallest absolute Gasteiger partial charge is 0.194 e. The second-order valence-corrected chi connectivity index (χ2v) is 6.98. The van der Waals surface area contributed by atoms with Gasteiger partial charge in [-0.3, -0.25) is 9.98 Å². The van der Waals surface area contributed by atoms with Gasteiger partial charge in [-0.1, -0.05) is 30.3 Å². The van der Waals surface area contributed by atoms with Crippen LogP contribution in [0.5, 0.6) is 0 Å². The van der Waals surface area contributed by atoms with Crippen molar-refractivity contribution >= 4 is 11.8 Å². The molecule has 29 heavy (non-hydrogen) atoms. The molecule has 1 fully saturated rings. The zero-order valence-corrected chi connectivity index (χ0v) is 16.7. The van der Waals surface area contributed by atoms with Gasteiger partial charge in [0.1, 0.15) is 5.82 Å². The van der Waals surface area contributed by atoms with E-state index in [1.165, 1.54) is 5.56 Å². The summed E-state index contributed by atoms with van der Waals surface area (Å²) in [5.41, 5.74) is 3.33. The number of anilines is 1. The van der Waals surface area contributed by atoms with Crippen LogP contribution in [0.2, 0.25) is 0 Å². The SMILES string of the molecule is CN=C(NCc1cccc(-c2ccccn2)c1)N1CCN(c2ccccn2)CC1. The highest BCUT2D eigenvalue weighted by atomic mass is 15.4. The molecule has 0 radical (unpaired) electrons. The van der Waals surface area contributed by atoms with Gasteiger partial charge in [0.05, 0.1) is 5.69 Å². The Morgan fingerprint density at radius 1 is 0.931 bits per heavy atom. The van der Waals surface area contributed by atoms with Crippen molar-refractivity contribution in [3.05, 3.63) is 78.6 Å². The molecule has 1 aliphatic rings. The minimum absolute atomic E-state index is 0.730. The van der Waals surface area contributed by atoms with Gasteiger partial charge in [-0.05, 0) is 35.9 Å². The Morgan fingerprint density at radius 3 is 2.41 bits per heavy atom. The molecule has 3 aromatic rings. The molecule has 0 amide bonds. The van der Waals surface area contributed by atoms with Crippen molar-refractivity contribution in [2.24, 2.45) is 4.99 Å². The Balaban J connectivity index is 1.35. The zero-order chi connectivity index (χ0) is 19.9. The molecule has 0 saturated carbocycles. The predicted octanol–water partition coefficient (Wildman–Crippen LogP) is 3.04. The molecule has 148 valence electrons. The third-order valence-corrected chi connectivity index (χ3v) is 5.10. The van der Waals surface area contributed by atoms with Crippen LogP contribution in [0.3, 0.4) is 0 Å². The van der Waals surface area contributed by atoms with Crippen LogP contribution < -0.4 is 10.2 Å². The van der Waals surface area contributed by atoms with Gasteiger partial charge in [0.25, 0.3) is 0 Å². The lowest BCUT2D eigenvalue weighted by molar-refractivity contribution is 0.371. The van der Waals surface area contributed by atoms with Gasteiger partial charge in [-0.15, -0.1) is 0 Å². The van der Waals surface area contributed by atoms with Crippen LogP contribution in [0.25, 0.3) is 11.3 Å².